The maximum Gasteiger partial charge on any atom is 0.352 e. The molecule has 0 radical (unpaired) electrons. The van der Waals surface area contributed by atoms with Crippen LogP contribution in [0.25, 0.3) is 0 Å². The molecule has 1 amide bonds. The predicted molar refractivity (Wildman–Crippen MR) is 55.6 cm³/mol. The van der Waals surface area contributed by atoms with Crippen LogP contribution in [0.2, 0.25) is 0 Å². The van der Waals surface area contributed by atoms with Gasteiger partial charge in [-0.15, -0.1) is 4.65 Å². The Morgan fingerprint density at radius 2 is 2.07 bits per heavy atom. The lowest BCUT2D eigenvalue weighted by atomic mass is 10.3. The van der Waals surface area contributed by atoms with Crippen LogP contribution in [-0.2, 0) is 14.2 Å². The van der Waals surface area contributed by atoms with Crippen molar-refractivity contribution < 1.29 is 18.8 Å². The Morgan fingerprint density at radius 1 is 1.43 bits per heavy atom. The number of hydrogen-bond donors (Lipinski definition) is 0. The van der Waals surface area contributed by atoms with E-state index in [1.165, 1.54) is 0 Å². The zero-order valence-corrected chi connectivity index (χ0v) is 10.0. The molecule has 1 fully saturated rings. The highest BCUT2D eigenvalue weighted by molar-refractivity contribution is 7.63. The minimum absolute atomic E-state index is 0.00562. The first-order valence-corrected chi connectivity index (χ1v) is 7.70. The highest BCUT2D eigenvalue weighted by Gasteiger charge is 2.38. The van der Waals surface area contributed by atoms with Gasteiger partial charge >= 0.3 is 5.91 Å². The molecule has 0 aliphatic carbocycles. The minimum Gasteiger partial charge on any atom is -0.323 e. The van der Waals surface area contributed by atoms with Gasteiger partial charge in [-0.25, -0.2) is 4.79 Å². The standard InChI is InChI=1S/C9H19NO3P/c1-10(6-4-5-7-13-10)9(11)8-14(2,3)12/h4-8H2,1-3H3/q+1. The van der Waals surface area contributed by atoms with Crippen LogP contribution >= 0.6 is 7.14 Å². The van der Waals surface area contributed by atoms with E-state index in [1.807, 2.05) is 0 Å². The lowest BCUT2D eigenvalue weighted by Gasteiger charge is -2.32. The van der Waals surface area contributed by atoms with Crippen LogP contribution in [0, 0.1) is 0 Å². The molecule has 1 heterocycles. The fraction of sp³-hybridized carbons (Fsp3) is 0.889. The molecule has 82 valence electrons. The second-order valence-corrected chi connectivity index (χ2v) is 7.95. The zero-order valence-electron chi connectivity index (χ0n) is 9.15. The molecule has 0 bridgehead atoms. The number of carbonyl (C=O) groups is 1. The second-order valence-electron chi connectivity index (χ2n) is 4.49. The summed E-state index contributed by atoms with van der Waals surface area (Å²) >= 11 is 0. The molecule has 5 heteroatoms. The van der Waals surface area contributed by atoms with Gasteiger partial charge in [0.2, 0.25) is 0 Å². The quantitative estimate of drug-likeness (QED) is 0.520. The smallest absolute Gasteiger partial charge is 0.323 e. The number of rotatable bonds is 2. The van der Waals surface area contributed by atoms with Gasteiger partial charge in [0.15, 0.2) is 0 Å². The van der Waals surface area contributed by atoms with Crippen LogP contribution in [-0.4, -0.2) is 50.2 Å². The molecule has 0 saturated carbocycles. The van der Waals surface area contributed by atoms with Gasteiger partial charge in [0.25, 0.3) is 0 Å². The molecule has 1 rings (SSSR count). The molecule has 0 N–H and O–H groups in total. The highest BCUT2D eigenvalue weighted by Crippen LogP contribution is 2.36. The van der Waals surface area contributed by atoms with Gasteiger partial charge in [0, 0.05) is 6.42 Å². The van der Waals surface area contributed by atoms with E-state index >= 15 is 0 Å². The molecule has 1 saturated heterocycles. The first-order valence-electron chi connectivity index (χ1n) is 4.91. The van der Waals surface area contributed by atoms with Crippen LogP contribution in [0.3, 0.4) is 0 Å². The molecule has 14 heavy (non-hydrogen) atoms. The summed E-state index contributed by atoms with van der Waals surface area (Å²) in [6.07, 6.45) is 2.15. The van der Waals surface area contributed by atoms with Crippen LogP contribution in [0.1, 0.15) is 12.8 Å². The number of amides is 1. The van der Waals surface area contributed by atoms with E-state index in [4.69, 9.17) is 4.84 Å². The van der Waals surface area contributed by atoms with E-state index in [2.05, 4.69) is 0 Å². The molecule has 0 spiro atoms. The van der Waals surface area contributed by atoms with Crippen molar-refractivity contribution in [3.05, 3.63) is 0 Å². The molecular formula is C9H19NO3P+. The fourth-order valence-electron chi connectivity index (χ4n) is 1.52. The number of nitrogens with zero attached hydrogens (tertiary/aromatic N) is 1. The van der Waals surface area contributed by atoms with Gasteiger partial charge in [-0.1, -0.05) is 0 Å². The Kier molecular flexibility index (Phi) is 3.51. The third kappa shape index (κ3) is 3.19. The summed E-state index contributed by atoms with van der Waals surface area (Å²) in [4.78, 5) is 17.3. The average Bonchev–Trinajstić information content (AvgIpc) is 2.02. The molecule has 0 aromatic carbocycles. The van der Waals surface area contributed by atoms with Gasteiger partial charge in [-0.3, -0.25) is 0 Å². The van der Waals surface area contributed by atoms with E-state index in [0.717, 1.165) is 12.8 Å². The lowest BCUT2D eigenvalue weighted by Crippen LogP contribution is -2.53. The Labute approximate surface area is 85.1 Å². The molecule has 1 atom stereocenters. The Morgan fingerprint density at radius 3 is 2.50 bits per heavy atom. The zero-order chi connectivity index (χ0) is 10.8. The molecule has 1 aliphatic heterocycles. The summed E-state index contributed by atoms with van der Waals surface area (Å²) in [7, 11) is -0.515. The van der Waals surface area contributed by atoms with E-state index in [-0.39, 0.29) is 16.7 Å². The normalized spacial score (nSPS) is 28.8. The fourth-order valence-corrected chi connectivity index (χ4v) is 2.47. The van der Waals surface area contributed by atoms with Crippen LogP contribution in [0.5, 0.6) is 0 Å². The van der Waals surface area contributed by atoms with Gasteiger partial charge in [-0.05, 0) is 19.8 Å². The lowest BCUT2D eigenvalue weighted by molar-refractivity contribution is -1.03. The minimum atomic E-state index is -2.28. The number of carbonyl (C=O) groups excluding carboxylic acids is 1. The average molecular weight is 220 g/mol. The van der Waals surface area contributed by atoms with Crippen molar-refractivity contribution in [3.63, 3.8) is 0 Å². The topological polar surface area (TPSA) is 43.4 Å². The van der Waals surface area contributed by atoms with Crippen molar-refractivity contribution in [2.75, 3.05) is 39.7 Å². The molecule has 1 unspecified atom stereocenters. The SMILES string of the molecule is C[N+]1(C(=O)CP(C)(C)=O)CCCCO1. The molecule has 4 nitrogen and oxygen atoms in total. The van der Waals surface area contributed by atoms with Crippen molar-refractivity contribution in [3.8, 4) is 0 Å². The summed E-state index contributed by atoms with van der Waals surface area (Å²) in [6, 6.07) is 0. The van der Waals surface area contributed by atoms with Crippen LogP contribution < -0.4 is 0 Å². The van der Waals surface area contributed by atoms with Crippen molar-refractivity contribution in [1.29, 1.82) is 0 Å². The summed E-state index contributed by atoms with van der Waals surface area (Å²) in [6.45, 7) is 4.61. The maximum absolute atomic E-state index is 11.8. The summed E-state index contributed by atoms with van der Waals surface area (Å²) < 4.78 is 11.5. The number of hydroxylamine groups is 3. The largest absolute Gasteiger partial charge is 0.352 e. The number of hydrogen-bond acceptors (Lipinski definition) is 3. The van der Waals surface area contributed by atoms with Gasteiger partial charge in [0.1, 0.15) is 26.4 Å². The third-order valence-corrected chi connectivity index (χ3v) is 3.43. The predicted octanol–water partition coefficient (Wildman–Crippen LogP) is 1.31. The first-order chi connectivity index (χ1) is 6.33. The van der Waals surface area contributed by atoms with E-state index in [9.17, 15) is 9.36 Å². The highest BCUT2D eigenvalue weighted by atomic mass is 31.2. The second kappa shape index (κ2) is 4.13. The van der Waals surface area contributed by atoms with Crippen molar-refractivity contribution in [1.82, 2.24) is 0 Å². The number of quaternary nitrogens is 1. The van der Waals surface area contributed by atoms with Gasteiger partial charge < -0.3 is 4.57 Å². The molecule has 1 aliphatic rings. The Bertz CT molecular complexity index is 265. The summed E-state index contributed by atoms with van der Waals surface area (Å²) in [5, 5.41) is 0. The Hall–Kier alpha value is -0.180. The van der Waals surface area contributed by atoms with E-state index < -0.39 is 7.14 Å². The summed E-state index contributed by atoms with van der Waals surface area (Å²) in [5.74, 6) is -0.0574. The first kappa shape index (κ1) is 11.9. The maximum atomic E-state index is 11.8. The monoisotopic (exact) mass is 220 g/mol. The van der Waals surface area contributed by atoms with Crippen LogP contribution in [0.4, 0.5) is 0 Å². The molecule has 0 aromatic heterocycles. The van der Waals surface area contributed by atoms with Crippen molar-refractivity contribution in [2.24, 2.45) is 0 Å². The van der Waals surface area contributed by atoms with Crippen molar-refractivity contribution >= 4 is 13.0 Å². The van der Waals surface area contributed by atoms with E-state index in [1.54, 1.807) is 20.4 Å². The summed E-state index contributed by atoms with van der Waals surface area (Å²) in [5.41, 5.74) is 0. The third-order valence-electron chi connectivity index (χ3n) is 2.40. The van der Waals surface area contributed by atoms with Gasteiger partial charge in [-0.2, -0.15) is 4.84 Å². The van der Waals surface area contributed by atoms with Gasteiger partial charge in [0.05, 0.1) is 7.14 Å². The molecule has 0 aromatic rings. The van der Waals surface area contributed by atoms with Crippen molar-refractivity contribution in [2.45, 2.75) is 12.8 Å². The van der Waals surface area contributed by atoms with Crippen LogP contribution in [0.15, 0.2) is 0 Å². The Balaban J connectivity index is 2.62. The molecular weight excluding hydrogens is 201 g/mol. The van der Waals surface area contributed by atoms with E-state index in [0.29, 0.717) is 13.2 Å².